The molecule has 3 aromatic rings. The summed E-state index contributed by atoms with van der Waals surface area (Å²) >= 11 is 1.73. The smallest absolute Gasteiger partial charge is 0.227 e. The Kier molecular flexibility index (Phi) is 6.43. The van der Waals surface area contributed by atoms with Gasteiger partial charge in [-0.15, -0.1) is 11.3 Å². The van der Waals surface area contributed by atoms with Gasteiger partial charge < -0.3 is 14.5 Å². The molecular formula is C29H32N4O2S. The number of carbonyl (C=O) groups is 1. The quantitative estimate of drug-likeness (QED) is 0.487. The molecule has 0 aliphatic carbocycles. The predicted molar refractivity (Wildman–Crippen MR) is 145 cm³/mol. The number of ether oxygens (including phenoxy) is 1. The lowest BCUT2D eigenvalue weighted by atomic mass is 9.94. The van der Waals surface area contributed by atoms with Crippen molar-refractivity contribution < 1.29 is 9.53 Å². The van der Waals surface area contributed by atoms with E-state index < -0.39 is 0 Å². The van der Waals surface area contributed by atoms with Crippen LogP contribution in [0.3, 0.4) is 0 Å². The molecule has 2 aromatic carbocycles. The fourth-order valence-corrected chi connectivity index (χ4v) is 7.02. The largest absolute Gasteiger partial charge is 0.373 e. The summed E-state index contributed by atoms with van der Waals surface area (Å²) in [5, 5.41) is 12.7. The molecule has 2 saturated heterocycles. The summed E-state index contributed by atoms with van der Waals surface area (Å²) in [4.78, 5) is 19.2. The van der Waals surface area contributed by atoms with Crippen LogP contribution in [0.4, 0.5) is 11.4 Å². The highest BCUT2D eigenvalue weighted by Gasteiger charge is 2.29. The van der Waals surface area contributed by atoms with Crippen LogP contribution in [-0.2, 0) is 16.0 Å². The van der Waals surface area contributed by atoms with Gasteiger partial charge in [0.25, 0.3) is 0 Å². The Labute approximate surface area is 216 Å². The molecule has 2 atom stereocenters. The molecule has 0 N–H and O–H groups in total. The fraction of sp³-hybridized carbons (Fsp3) is 0.448. The molecule has 1 amide bonds. The van der Waals surface area contributed by atoms with Crippen molar-refractivity contribution in [3.05, 3.63) is 58.5 Å². The molecule has 0 spiro atoms. The lowest BCUT2D eigenvalue weighted by Crippen LogP contribution is -2.52. The highest BCUT2D eigenvalue weighted by atomic mass is 32.1. The molecule has 4 heterocycles. The van der Waals surface area contributed by atoms with Crippen molar-refractivity contribution >= 4 is 38.7 Å². The topological polar surface area (TPSA) is 59.8 Å². The first-order valence-corrected chi connectivity index (χ1v) is 13.9. The van der Waals surface area contributed by atoms with Gasteiger partial charge in [0.1, 0.15) is 0 Å². The Morgan fingerprint density at radius 2 is 2.06 bits per heavy atom. The molecule has 1 aromatic heterocycles. The average molecular weight is 501 g/mol. The van der Waals surface area contributed by atoms with Crippen LogP contribution in [0.1, 0.15) is 49.0 Å². The third-order valence-electron chi connectivity index (χ3n) is 8.02. The van der Waals surface area contributed by atoms with Gasteiger partial charge in [-0.2, -0.15) is 5.26 Å². The number of carbonyl (C=O) groups excluding carboxylic acids is 1. The molecule has 0 bridgehead atoms. The molecule has 36 heavy (non-hydrogen) atoms. The summed E-state index contributed by atoms with van der Waals surface area (Å²) in [6.07, 6.45) is 3.65. The van der Waals surface area contributed by atoms with Crippen LogP contribution in [0.2, 0.25) is 0 Å². The molecular weight excluding hydrogens is 468 g/mol. The third-order valence-corrected chi connectivity index (χ3v) is 8.95. The van der Waals surface area contributed by atoms with Gasteiger partial charge in [-0.3, -0.25) is 9.69 Å². The van der Waals surface area contributed by atoms with Gasteiger partial charge in [0.15, 0.2) is 0 Å². The molecule has 3 aliphatic heterocycles. The van der Waals surface area contributed by atoms with Gasteiger partial charge in [0.2, 0.25) is 5.91 Å². The zero-order valence-corrected chi connectivity index (χ0v) is 21.6. The van der Waals surface area contributed by atoms with E-state index in [1.165, 1.54) is 26.9 Å². The van der Waals surface area contributed by atoms with Crippen LogP contribution in [0.5, 0.6) is 0 Å². The number of fused-ring (bicyclic) bond motifs is 2. The predicted octanol–water partition coefficient (Wildman–Crippen LogP) is 5.11. The number of piperazine rings is 1. The van der Waals surface area contributed by atoms with E-state index in [9.17, 15) is 10.1 Å². The number of hydrogen-bond donors (Lipinski definition) is 0. The Morgan fingerprint density at radius 3 is 2.86 bits per heavy atom. The standard InChI is InChI=1S/C29H32N4O2S/c1-20-18-32(26-19-36-28-15-21(17-30)4-6-25(26)28)13-12-31(20)11-8-27-24-7-5-23(16-22(24)9-14-35-27)33-10-2-3-29(33)34/h4-7,15-16,19-20,27H,2-3,8-14,18H2,1H3/t20-,27+/m1/s1. The van der Waals surface area contributed by atoms with Crippen molar-refractivity contribution in [2.24, 2.45) is 0 Å². The fourth-order valence-electron chi connectivity index (χ4n) is 6.01. The summed E-state index contributed by atoms with van der Waals surface area (Å²) in [7, 11) is 0. The van der Waals surface area contributed by atoms with E-state index in [1.807, 2.05) is 17.0 Å². The molecule has 6 nitrogen and oxygen atoms in total. The van der Waals surface area contributed by atoms with Crippen LogP contribution in [0.15, 0.2) is 41.8 Å². The van der Waals surface area contributed by atoms with E-state index in [0.717, 1.165) is 69.8 Å². The second kappa shape index (κ2) is 9.85. The normalized spacial score (nSPS) is 22.7. The van der Waals surface area contributed by atoms with Crippen molar-refractivity contribution in [3.8, 4) is 6.07 Å². The molecule has 3 aliphatic rings. The minimum absolute atomic E-state index is 0.123. The lowest BCUT2D eigenvalue weighted by molar-refractivity contribution is -0.117. The zero-order chi connectivity index (χ0) is 24.6. The monoisotopic (exact) mass is 500 g/mol. The van der Waals surface area contributed by atoms with Gasteiger partial charge in [-0.25, -0.2) is 0 Å². The van der Waals surface area contributed by atoms with Crippen LogP contribution < -0.4 is 9.80 Å². The molecule has 0 saturated carbocycles. The highest BCUT2D eigenvalue weighted by molar-refractivity contribution is 7.17. The summed E-state index contributed by atoms with van der Waals surface area (Å²) < 4.78 is 7.41. The number of anilines is 2. The van der Waals surface area contributed by atoms with Crippen LogP contribution in [-0.4, -0.2) is 56.2 Å². The number of amides is 1. The van der Waals surface area contributed by atoms with Gasteiger partial charge in [-0.1, -0.05) is 12.1 Å². The van der Waals surface area contributed by atoms with E-state index in [2.05, 4.69) is 52.4 Å². The van der Waals surface area contributed by atoms with Crippen molar-refractivity contribution in [1.82, 2.24) is 4.90 Å². The Hall–Kier alpha value is -2.92. The van der Waals surface area contributed by atoms with Crippen LogP contribution in [0, 0.1) is 11.3 Å². The molecule has 6 rings (SSSR count). The SMILES string of the molecule is C[C@@H]1CN(c2csc3cc(C#N)ccc23)CCN1CC[C@@H]1OCCc2cc(N3CCCC3=O)ccc21. The number of rotatable bonds is 5. The number of thiophene rings is 1. The lowest BCUT2D eigenvalue weighted by Gasteiger charge is -2.41. The minimum atomic E-state index is 0.123. The molecule has 186 valence electrons. The molecule has 2 fully saturated rings. The van der Waals surface area contributed by atoms with Crippen molar-refractivity contribution in [3.63, 3.8) is 0 Å². The first kappa shape index (κ1) is 23.5. The van der Waals surface area contributed by atoms with E-state index in [4.69, 9.17) is 4.74 Å². The molecule has 7 heteroatoms. The maximum Gasteiger partial charge on any atom is 0.227 e. The number of nitriles is 1. The summed E-state index contributed by atoms with van der Waals surface area (Å²) in [6, 6.07) is 15.2. The summed E-state index contributed by atoms with van der Waals surface area (Å²) in [6.45, 7) is 7.96. The van der Waals surface area contributed by atoms with E-state index in [-0.39, 0.29) is 12.0 Å². The zero-order valence-electron chi connectivity index (χ0n) is 20.8. The van der Waals surface area contributed by atoms with Crippen molar-refractivity contribution in [2.45, 2.75) is 44.8 Å². The van der Waals surface area contributed by atoms with Crippen molar-refractivity contribution in [2.75, 3.05) is 49.1 Å². The second-order valence-electron chi connectivity index (χ2n) is 10.2. The first-order chi connectivity index (χ1) is 17.6. The first-order valence-electron chi connectivity index (χ1n) is 13.1. The Balaban J connectivity index is 1.09. The van der Waals surface area contributed by atoms with Gasteiger partial charge in [0, 0.05) is 66.3 Å². The van der Waals surface area contributed by atoms with Crippen LogP contribution in [0.25, 0.3) is 10.1 Å². The van der Waals surface area contributed by atoms with Crippen molar-refractivity contribution in [1.29, 1.82) is 5.26 Å². The molecule has 0 unspecified atom stereocenters. The van der Waals surface area contributed by atoms with Gasteiger partial charge in [-0.05, 0) is 61.6 Å². The van der Waals surface area contributed by atoms with E-state index >= 15 is 0 Å². The number of benzene rings is 2. The van der Waals surface area contributed by atoms with E-state index in [0.29, 0.717) is 12.5 Å². The summed E-state index contributed by atoms with van der Waals surface area (Å²) in [5.74, 6) is 0.244. The van der Waals surface area contributed by atoms with E-state index in [1.54, 1.807) is 11.3 Å². The minimum Gasteiger partial charge on any atom is -0.373 e. The van der Waals surface area contributed by atoms with Crippen LogP contribution >= 0.6 is 11.3 Å². The Morgan fingerprint density at radius 1 is 1.14 bits per heavy atom. The average Bonchev–Trinajstić information content (AvgIpc) is 3.53. The number of hydrogen-bond acceptors (Lipinski definition) is 6. The van der Waals surface area contributed by atoms with Gasteiger partial charge >= 0.3 is 0 Å². The maximum atomic E-state index is 12.2. The molecule has 0 radical (unpaired) electrons. The van der Waals surface area contributed by atoms with Gasteiger partial charge in [0.05, 0.1) is 30.0 Å². The highest BCUT2D eigenvalue weighted by Crippen LogP contribution is 2.36. The maximum absolute atomic E-state index is 12.2. The Bertz CT molecular complexity index is 1330. The third kappa shape index (κ3) is 4.39. The summed E-state index contributed by atoms with van der Waals surface area (Å²) in [5.41, 5.74) is 5.70. The number of nitrogens with zero attached hydrogens (tertiary/aromatic N) is 4. The second-order valence-corrected chi connectivity index (χ2v) is 11.1.